The summed E-state index contributed by atoms with van der Waals surface area (Å²) in [6.45, 7) is 0.626. The number of likely N-dealkylation sites (N-methyl/N-ethyl adjacent to an activating group) is 1. The van der Waals surface area contributed by atoms with Crippen LogP contribution < -0.4 is 0 Å². The Morgan fingerprint density at radius 1 is 1.43 bits per heavy atom. The van der Waals surface area contributed by atoms with Gasteiger partial charge in [0.2, 0.25) is 0 Å². The smallest absolute Gasteiger partial charge is 0.0931 e. The molecule has 0 aliphatic rings. The summed E-state index contributed by atoms with van der Waals surface area (Å²) < 4.78 is 0.762. The molecule has 0 aromatic carbocycles. The molecular weight excluding hydrogens is 222 g/mol. The van der Waals surface area contributed by atoms with Gasteiger partial charge in [-0.05, 0) is 19.2 Å². The summed E-state index contributed by atoms with van der Waals surface area (Å²) in [5.74, 6) is 0. The van der Waals surface area contributed by atoms with Crippen molar-refractivity contribution in [1.82, 2.24) is 4.90 Å². The zero-order valence-corrected chi connectivity index (χ0v) is 9.55. The predicted molar refractivity (Wildman–Crippen MR) is 58.8 cm³/mol. The lowest BCUT2D eigenvalue weighted by Gasteiger charge is -2.23. The summed E-state index contributed by atoms with van der Waals surface area (Å²) in [4.78, 5) is 3.03. The van der Waals surface area contributed by atoms with E-state index >= 15 is 0 Å². The molecule has 0 amide bonds. The average molecular weight is 236 g/mol. The fourth-order valence-corrected chi connectivity index (χ4v) is 2.30. The number of hydrogen-bond donors (Lipinski definition) is 2. The Morgan fingerprint density at radius 2 is 2.07 bits per heavy atom. The van der Waals surface area contributed by atoms with Crippen LogP contribution in [0.2, 0.25) is 4.34 Å². The van der Waals surface area contributed by atoms with Crippen molar-refractivity contribution in [2.75, 3.05) is 20.3 Å². The lowest BCUT2D eigenvalue weighted by Crippen LogP contribution is -2.36. The molecule has 5 heteroatoms. The van der Waals surface area contributed by atoms with Gasteiger partial charge in [0.05, 0.1) is 23.6 Å². The fourth-order valence-electron chi connectivity index (χ4n) is 1.15. The Kier molecular flexibility index (Phi) is 4.84. The highest BCUT2D eigenvalue weighted by Crippen LogP contribution is 2.22. The molecule has 2 N–H and O–H groups in total. The molecule has 14 heavy (non-hydrogen) atoms. The molecule has 0 aliphatic heterocycles. The van der Waals surface area contributed by atoms with E-state index in [9.17, 15) is 0 Å². The maximum atomic E-state index is 8.96. The van der Waals surface area contributed by atoms with Gasteiger partial charge in [0.25, 0.3) is 0 Å². The zero-order valence-electron chi connectivity index (χ0n) is 7.98. The normalized spacial score (nSPS) is 11.6. The highest BCUT2D eigenvalue weighted by Gasteiger charge is 2.13. The third-order valence-corrected chi connectivity index (χ3v) is 3.29. The quantitative estimate of drug-likeness (QED) is 0.806. The van der Waals surface area contributed by atoms with Crippen LogP contribution in [-0.4, -0.2) is 41.4 Å². The first kappa shape index (κ1) is 11.9. The summed E-state index contributed by atoms with van der Waals surface area (Å²) in [5.41, 5.74) is 0. The lowest BCUT2D eigenvalue weighted by atomic mass is 10.3. The average Bonchev–Trinajstić information content (AvgIpc) is 2.53. The van der Waals surface area contributed by atoms with Crippen molar-refractivity contribution >= 4 is 22.9 Å². The second-order valence-electron chi connectivity index (χ2n) is 3.14. The molecule has 0 unspecified atom stereocenters. The van der Waals surface area contributed by atoms with E-state index < -0.39 is 0 Å². The molecule has 0 saturated carbocycles. The van der Waals surface area contributed by atoms with Crippen molar-refractivity contribution in [3.05, 3.63) is 21.3 Å². The molecule has 3 nitrogen and oxygen atoms in total. The molecule has 0 bridgehead atoms. The third-order valence-electron chi connectivity index (χ3n) is 2.08. The molecule has 0 atom stereocenters. The number of nitrogens with zero attached hydrogens (tertiary/aromatic N) is 1. The van der Waals surface area contributed by atoms with Gasteiger partial charge in [-0.3, -0.25) is 4.90 Å². The number of aliphatic hydroxyl groups is 2. The van der Waals surface area contributed by atoms with Crippen molar-refractivity contribution in [2.45, 2.75) is 12.6 Å². The van der Waals surface area contributed by atoms with Crippen molar-refractivity contribution in [3.8, 4) is 0 Å². The Morgan fingerprint density at radius 3 is 2.50 bits per heavy atom. The Hall–Kier alpha value is -0.130. The topological polar surface area (TPSA) is 43.7 Å². The van der Waals surface area contributed by atoms with Gasteiger partial charge in [-0.25, -0.2) is 0 Å². The van der Waals surface area contributed by atoms with E-state index in [1.165, 1.54) is 11.3 Å². The monoisotopic (exact) mass is 235 g/mol. The number of rotatable bonds is 5. The molecule has 1 rings (SSSR count). The van der Waals surface area contributed by atoms with E-state index in [1.807, 2.05) is 24.1 Å². The Labute approximate surface area is 92.5 Å². The fraction of sp³-hybridized carbons (Fsp3) is 0.556. The van der Waals surface area contributed by atoms with Gasteiger partial charge in [0.15, 0.2) is 0 Å². The molecular formula is C9H14ClNO2S. The number of thiophene rings is 1. The van der Waals surface area contributed by atoms with E-state index in [-0.39, 0.29) is 19.3 Å². The predicted octanol–water partition coefficient (Wildman–Crippen LogP) is 1.19. The van der Waals surface area contributed by atoms with E-state index in [1.54, 1.807) is 0 Å². The minimum atomic E-state index is -0.198. The Balaban J connectivity index is 2.51. The first-order valence-corrected chi connectivity index (χ1v) is 5.53. The Bertz CT molecular complexity index is 276. The van der Waals surface area contributed by atoms with Gasteiger partial charge in [-0.2, -0.15) is 0 Å². The minimum Gasteiger partial charge on any atom is -0.395 e. The molecule has 1 aromatic heterocycles. The van der Waals surface area contributed by atoms with Crippen LogP contribution >= 0.6 is 22.9 Å². The SMILES string of the molecule is CN(Cc1ccc(Cl)s1)C(CO)CO. The maximum absolute atomic E-state index is 8.96. The first-order chi connectivity index (χ1) is 6.67. The summed E-state index contributed by atoms with van der Waals surface area (Å²) in [6.07, 6.45) is 0. The van der Waals surface area contributed by atoms with Crippen LogP contribution in [0.4, 0.5) is 0 Å². The third kappa shape index (κ3) is 3.22. The van der Waals surface area contributed by atoms with Crippen molar-refractivity contribution in [3.63, 3.8) is 0 Å². The van der Waals surface area contributed by atoms with Crippen LogP contribution in [-0.2, 0) is 6.54 Å². The van der Waals surface area contributed by atoms with Gasteiger partial charge >= 0.3 is 0 Å². The van der Waals surface area contributed by atoms with Crippen LogP contribution in [0.25, 0.3) is 0 Å². The number of hydrogen-bond acceptors (Lipinski definition) is 4. The van der Waals surface area contributed by atoms with Gasteiger partial charge in [0.1, 0.15) is 0 Å². The molecule has 0 aliphatic carbocycles. The van der Waals surface area contributed by atoms with Crippen LogP contribution in [0.15, 0.2) is 12.1 Å². The van der Waals surface area contributed by atoms with E-state index in [0.29, 0.717) is 6.54 Å². The maximum Gasteiger partial charge on any atom is 0.0931 e. The largest absolute Gasteiger partial charge is 0.395 e. The molecule has 1 aromatic rings. The molecule has 1 heterocycles. The zero-order chi connectivity index (χ0) is 10.6. The molecule has 0 saturated heterocycles. The van der Waals surface area contributed by atoms with Crippen LogP contribution in [0.5, 0.6) is 0 Å². The van der Waals surface area contributed by atoms with Crippen molar-refractivity contribution < 1.29 is 10.2 Å². The molecule has 0 fully saturated rings. The van der Waals surface area contributed by atoms with E-state index in [2.05, 4.69) is 0 Å². The summed E-state index contributed by atoms with van der Waals surface area (Å²) in [6, 6.07) is 3.60. The second kappa shape index (κ2) is 5.68. The number of aliphatic hydroxyl groups excluding tert-OH is 2. The van der Waals surface area contributed by atoms with Crippen LogP contribution in [0.1, 0.15) is 4.88 Å². The minimum absolute atomic E-state index is 0.0356. The molecule has 0 spiro atoms. The summed E-state index contributed by atoms with van der Waals surface area (Å²) in [5, 5.41) is 17.9. The molecule has 80 valence electrons. The van der Waals surface area contributed by atoms with Crippen LogP contribution in [0, 0.1) is 0 Å². The van der Waals surface area contributed by atoms with E-state index in [0.717, 1.165) is 9.21 Å². The van der Waals surface area contributed by atoms with Crippen molar-refractivity contribution in [2.24, 2.45) is 0 Å². The van der Waals surface area contributed by atoms with Gasteiger partial charge in [-0.15, -0.1) is 11.3 Å². The highest BCUT2D eigenvalue weighted by molar-refractivity contribution is 7.16. The highest BCUT2D eigenvalue weighted by atomic mass is 35.5. The first-order valence-electron chi connectivity index (χ1n) is 4.33. The van der Waals surface area contributed by atoms with Gasteiger partial charge in [-0.1, -0.05) is 11.6 Å². The number of halogens is 1. The summed E-state index contributed by atoms with van der Waals surface area (Å²) in [7, 11) is 1.87. The molecule has 0 radical (unpaired) electrons. The lowest BCUT2D eigenvalue weighted by molar-refractivity contribution is 0.0880. The van der Waals surface area contributed by atoms with Gasteiger partial charge in [0, 0.05) is 11.4 Å². The van der Waals surface area contributed by atoms with Crippen molar-refractivity contribution in [1.29, 1.82) is 0 Å². The van der Waals surface area contributed by atoms with E-state index in [4.69, 9.17) is 21.8 Å². The standard InChI is InChI=1S/C9H14ClNO2S/c1-11(7(5-12)6-13)4-8-2-3-9(10)14-8/h2-3,7,12-13H,4-6H2,1H3. The van der Waals surface area contributed by atoms with Crippen LogP contribution in [0.3, 0.4) is 0 Å². The second-order valence-corrected chi connectivity index (χ2v) is 4.94. The summed E-state index contributed by atoms with van der Waals surface area (Å²) >= 11 is 7.31. The van der Waals surface area contributed by atoms with Gasteiger partial charge < -0.3 is 10.2 Å².